The van der Waals surface area contributed by atoms with Crippen LogP contribution in [-0.4, -0.2) is 64.0 Å². The molecule has 14 heavy (non-hydrogen) atoms. The SMILES string of the molecule is OC[C@H]1O[C@@](O)(CF)[C@H](F)[C@@H](O)[C@@H]1O. The molecule has 0 saturated carbocycles. The molecule has 7 heteroatoms. The number of ether oxygens (including phenoxy) is 1. The topological polar surface area (TPSA) is 90.2 Å². The second-order valence-corrected chi connectivity index (χ2v) is 3.20. The monoisotopic (exact) mass is 214 g/mol. The van der Waals surface area contributed by atoms with Crippen LogP contribution in [-0.2, 0) is 4.74 Å². The lowest BCUT2D eigenvalue weighted by Crippen LogP contribution is -2.64. The first-order valence-corrected chi connectivity index (χ1v) is 4.03. The van der Waals surface area contributed by atoms with Gasteiger partial charge in [0, 0.05) is 0 Å². The van der Waals surface area contributed by atoms with Crippen LogP contribution in [0.15, 0.2) is 0 Å². The van der Waals surface area contributed by atoms with Crippen LogP contribution in [0.5, 0.6) is 0 Å². The predicted molar refractivity (Wildman–Crippen MR) is 39.8 cm³/mol. The highest BCUT2D eigenvalue weighted by atomic mass is 19.1. The summed E-state index contributed by atoms with van der Waals surface area (Å²) in [6, 6.07) is 0. The number of aliphatic hydroxyl groups is 4. The molecular formula is C7H12F2O5. The summed E-state index contributed by atoms with van der Waals surface area (Å²) >= 11 is 0. The molecule has 0 bridgehead atoms. The van der Waals surface area contributed by atoms with Gasteiger partial charge in [0.15, 0.2) is 6.17 Å². The second kappa shape index (κ2) is 4.03. The first-order valence-electron chi connectivity index (χ1n) is 4.03. The van der Waals surface area contributed by atoms with E-state index >= 15 is 0 Å². The van der Waals surface area contributed by atoms with Crippen molar-refractivity contribution in [3.63, 3.8) is 0 Å². The van der Waals surface area contributed by atoms with E-state index in [0.29, 0.717) is 0 Å². The molecule has 0 radical (unpaired) electrons. The summed E-state index contributed by atoms with van der Waals surface area (Å²) in [5, 5.41) is 36.0. The fourth-order valence-corrected chi connectivity index (χ4v) is 1.31. The van der Waals surface area contributed by atoms with Gasteiger partial charge in [0.2, 0.25) is 5.79 Å². The van der Waals surface area contributed by atoms with Gasteiger partial charge >= 0.3 is 0 Å². The summed E-state index contributed by atoms with van der Waals surface area (Å²) in [5.41, 5.74) is 0. The van der Waals surface area contributed by atoms with Crippen molar-refractivity contribution >= 4 is 0 Å². The molecule has 0 spiro atoms. The van der Waals surface area contributed by atoms with E-state index in [9.17, 15) is 13.9 Å². The Morgan fingerprint density at radius 2 is 1.86 bits per heavy atom. The van der Waals surface area contributed by atoms with Gasteiger partial charge < -0.3 is 25.2 Å². The number of hydrogen-bond acceptors (Lipinski definition) is 5. The summed E-state index contributed by atoms with van der Waals surface area (Å²) < 4.78 is 29.7. The van der Waals surface area contributed by atoms with Crippen molar-refractivity contribution in [2.75, 3.05) is 13.3 Å². The van der Waals surface area contributed by atoms with Crippen molar-refractivity contribution in [3.05, 3.63) is 0 Å². The largest absolute Gasteiger partial charge is 0.394 e. The van der Waals surface area contributed by atoms with Gasteiger partial charge in [-0.05, 0) is 0 Å². The Balaban J connectivity index is 2.84. The zero-order valence-corrected chi connectivity index (χ0v) is 7.18. The Morgan fingerprint density at radius 1 is 1.29 bits per heavy atom. The number of hydrogen-bond donors (Lipinski definition) is 4. The zero-order valence-electron chi connectivity index (χ0n) is 7.18. The average Bonchev–Trinajstić information content (AvgIpc) is 2.20. The smallest absolute Gasteiger partial charge is 0.230 e. The van der Waals surface area contributed by atoms with Crippen molar-refractivity contribution in [3.8, 4) is 0 Å². The summed E-state index contributed by atoms with van der Waals surface area (Å²) in [7, 11) is 0. The summed E-state index contributed by atoms with van der Waals surface area (Å²) in [5.74, 6) is -2.80. The van der Waals surface area contributed by atoms with Crippen LogP contribution in [0.1, 0.15) is 0 Å². The van der Waals surface area contributed by atoms with Crippen LogP contribution in [0.25, 0.3) is 0 Å². The number of alkyl halides is 2. The summed E-state index contributed by atoms with van der Waals surface area (Å²) in [6.07, 6.45) is -7.54. The van der Waals surface area contributed by atoms with Gasteiger partial charge in [0.25, 0.3) is 0 Å². The third kappa shape index (κ3) is 1.73. The highest BCUT2D eigenvalue weighted by molar-refractivity contribution is 4.96. The zero-order chi connectivity index (χ0) is 10.9. The number of halogens is 2. The third-order valence-corrected chi connectivity index (χ3v) is 2.19. The van der Waals surface area contributed by atoms with E-state index < -0.39 is 43.6 Å². The third-order valence-electron chi connectivity index (χ3n) is 2.19. The molecule has 84 valence electrons. The minimum absolute atomic E-state index is 0.757. The highest BCUT2D eigenvalue weighted by Crippen LogP contribution is 2.30. The van der Waals surface area contributed by atoms with Gasteiger partial charge in [-0.2, -0.15) is 0 Å². The molecule has 1 aliphatic heterocycles. The first-order chi connectivity index (χ1) is 6.46. The second-order valence-electron chi connectivity index (χ2n) is 3.20. The van der Waals surface area contributed by atoms with Gasteiger partial charge in [0.05, 0.1) is 6.61 Å². The maximum atomic E-state index is 13.1. The highest BCUT2D eigenvalue weighted by Gasteiger charge is 2.54. The van der Waals surface area contributed by atoms with Crippen molar-refractivity contribution in [2.24, 2.45) is 0 Å². The van der Waals surface area contributed by atoms with Gasteiger partial charge in [-0.15, -0.1) is 0 Å². The molecule has 5 nitrogen and oxygen atoms in total. The average molecular weight is 214 g/mol. The number of aliphatic hydroxyl groups excluding tert-OH is 3. The Kier molecular flexibility index (Phi) is 3.38. The lowest BCUT2D eigenvalue weighted by molar-refractivity contribution is -0.338. The fraction of sp³-hybridized carbons (Fsp3) is 1.00. The molecule has 0 unspecified atom stereocenters. The van der Waals surface area contributed by atoms with Crippen molar-refractivity contribution in [2.45, 2.75) is 30.3 Å². The van der Waals surface area contributed by atoms with E-state index in [2.05, 4.69) is 4.74 Å². The van der Waals surface area contributed by atoms with Crippen molar-refractivity contribution in [1.29, 1.82) is 0 Å². The molecule has 0 amide bonds. The van der Waals surface area contributed by atoms with Crippen LogP contribution in [0, 0.1) is 0 Å². The first kappa shape index (κ1) is 11.7. The molecule has 1 saturated heterocycles. The normalized spacial score (nSPS) is 49.3. The van der Waals surface area contributed by atoms with Gasteiger partial charge in [0.1, 0.15) is 25.0 Å². The molecule has 4 N–H and O–H groups in total. The van der Waals surface area contributed by atoms with Gasteiger partial charge in [-0.1, -0.05) is 0 Å². The summed E-state index contributed by atoms with van der Waals surface area (Å²) in [4.78, 5) is 0. The Bertz CT molecular complexity index is 203. The fourth-order valence-electron chi connectivity index (χ4n) is 1.31. The van der Waals surface area contributed by atoms with Crippen LogP contribution < -0.4 is 0 Å². The van der Waals surface area contributed by atoms with E-state index in [1.54, 1.807) is 0 Å². The molecule has 5 atom stereocenters. The maximum Gasteiger partial charge on any atom is 0.230 e. The molecule has 0 aromatic carbocycles. The number of rotatable bonds is 2. The van der Waals surface area contributed by atoms with E-state index in [1.807, 2.05) is 0 Å². The summed E-state index contributed by atoms with van der Waals surface area (Å²) in [6.45, 7) is -2.33. The van der Waals surface area contributed by atoms with Crippen LogP contribution in [0.2, 0.25) is 0 Å². The molecule has 0 aliphatic carbocycles. The molecule has 0 aromatic rings. The van der Waals surface area contributed by atoms with E-state index in [1.165, 1.54) is 0 Å². The minimum Gasteiger partial charge on any atom is -0.394 e. The van der Waals surface area contributed by atoms with Gasteiger partial charge in [-0.25, -0.2) is 8.78 Å². The lowest BCUT2D eigenvalue weighted by atomic mass is 9.94. The van der Waals surface area contributed by atoms with Crippen LogP contribution in [0.4, 0.5) is 8.78 Å². The lowest BCUT2D eigenvalue weighted by Gasteiger charge is -2.42. The predicted octanol–water partition coefficient (Wildman–Crippen LogP) is -1.90. The standard InChI is InChI=1S/C7H12F2O5/c8-2-7(13)6(9)5(12)4(11)3(1-10)14-7/h3-6,10-13H,1-2H2/t3-,4-,5+,6-,7+/m1/s1. The van der Waals surface area contributed by atoms with Crippen LogP contribution >= 0.6 is 0 Å². The molecule has 1 heterocycles. The van der Waals surface area contributed by atoms with Crippen molar-refractivity contribution < 1.29 is 33.9 Å². The van der Waals surface area contributed by atoms with Crippen LogP contribution in [0.3, 0.4) is 0 Å². The molecule has 1 rings (SSSR count). The Labute approximate surface area is 78.5 Å². The Morgan fingerprint density at radius 3 is 2.29 bits per heavy atom. The Hall–Kier alpha value is -0.340. The maximum absolute atomic E-state index is 13.1. The van der Waals surface area contributed by atoms with E-state index in [0.717, 1.165) is 0 Å². The van der Waals surface area contributed by atoms with Crippen molar-refractivity contribution in [1.82, 2.24) is 0 Å². The molecule has 0 aromatic heterocycles. The molecule has 1 aliphatic rings. The molecule has 1 fully saturated rings. The minimum atomic E-state index is -2.80. The molecular weight excluding hydrogens is 202 g/mol. The van der Waals surface area contributed by atoms with E-state index in [-0.39, 0.29) is 0 Å². The quantitative estimate of drug-likeness (QED) is 0.431. The van der Waals surface area contributed by atoms with E-state index in [4.69, 9.17) is 15.3 Å². The van der Waals surface area contributed by atoms with Gasteiger partial charge in [-0.3, -0.25) is 0 Å².